The van der Waals surface area contributed by atoms with E-state index in [1.165, 1.54) is 30.4 Å². The smallest absolute Gasteiger partial charge is 0.287 e. The molecule has 0 aliphatic heterocycles. The Morgan fingerprint density at radius 3 is 2.89 bits per heavy atom. The Balaban J connectivity index is 1.92. The van der Waals surface area contributed by atoms with E-state index in [4.69, 9.17) is 16.7 Å². The predicted octanol–water partition coefficient (Wildman–Crippen LogP) is 1.88. The number of rotatable bonds is 6. The summed E-state index contributed by atoms with van der Waals surface area (Å²) in [5.41, 5.74) is 0.223. The third kappa shape index (κ3) is 3.70. The minimum Gasteiger partial charge on any atom is -0.394 e. The fourth-order valence-corrected chi connectivity index (χ4v) is 2.77. The van der Waals surface area contributed by atoms with Gasteiger partial charge in [0.25, 0.3) is 5.56 Å². The van der Waals surface area contributed by atoms with Gasteiger partial charge in [-0.25, -0.2) is 4.68 Å². The molecule has 1 saturated carbocycles. The van der Waals surface area contributed by atoms with Crippen LogP contribution >= 0.6 is 11.6 Å². The minimum absolute atomic E-state index is 0.127. The summed E-state index contributed by atoms with van der Waals surface area (Å²) in [5.74, 6) is 0.800. The van der Waals surface area contributed by atoms with Crippen molar-refractivity contribution in [1.29, 1.82) is 0 Å². The molecular formula is C13H20ClN3O2. The molecule has 1 heterocycles. The molecule has 0 amide bonds. The molecule has 0 atom stereocenters. The van der Waals surface area contributed by atoms with Gasteiger partial charge in [-0.1, -0.05) is 37.3 Å². The maximum Gasteiger partial charge on any atom is 0.287 e. The van der Waals surface area contributed by atoms with Crippen molar-refractivity contribution in [3.8, 4) is 0 Å². The standard InChI is InChI=1S/C13H20ClN3O2/c14-12-11(9-16-17(7-8-18)13(12)19)15-6-5-10-3-1-2-4-10/h9-10,15,18H,1-8H2. The molecular weight excluding hydrogens is 266 g/mol. The monoisotopic (exact) mass is 285 g/mol. The van der Waals surface area contributed by atoms with Crippen LogP contribution in [0.5, 0.6) is 0 Å². The average molecular weight is 286 g/mol. The molecule has 1 aliphatic carbocycles. The summed E-state index contributed by atoms with van der Waals surface area (Å²) in [5, 5.41) is 16.1. The Morgan fingerprint density at radius 1 is 1.47 bits per heavy atom. The SMILES string of the molecule is O=c1c(Cl)c(NCCC2CCCC2)cnn1CCO. The van der Waals surface area contributed by atoms with Crippen molar-refractivity contribution in [3.63, 3.8) is 0 Å². The molecule has 2 N–H and O–H groups in total. The number of hydrogen-bond acceptors (Lipinski definition) is 4. The number of aliphatic hydroxyl groups excluding tert-OH is 1. The lowest BCUT2D eigenvalue weighted by atomic mass is 10.0. The van der Waals surface area contributed by atoms with Gasteiger partial charge in [0.2, 0.25) is 0 Å². The third-order valence-electron chi connectivity index (χ3n) is 3.64. The van der Waals surface area contributed by atoms with Crippen LogP contribution in [-0.2, 0) is 6.54 Å². The highest BCUT2D eigenvalue weighted by atomic mass is 35.5. The normalized spacial score (nSPS) is 15.9. The Kier molecular flexibility index (Phi) is 5.22. The number of anilines is 1. The summed E-state index contributed by atoms with van der Waals surface area (Å²) in [6.45, 7) is 0.855. The Labute approximate surface area is 117 Å². The van der Waals surface area contributed by atoms with Crippen LogP contribution in [0.15, 0.2) is 11.0 Å². The van der Waals surface area contributed by atoms with E-state index in [1.807, 2.05) is 0 Å². The molecule has 6 heteroatoms. The largest absolute Gasteiger partial charge is 0.394 e. The van der Waals surface area contributed by atoms with Crippen LogP contribution in [0.1, 0.15) is 32.1 Å². The summed E-state index contributed by atoms with van der Waals surface area (Å²) in [6, 6.07) is 0. The fourth-order valence-electron chi connectivity index (χ4n) is 2.55. The first kappa shape index (κ1) is 14.3. The number of hydrogen-bond donors (Lipinski definition) is 2. The van der Waals surface area contributed by atoms with Crippen LogP contribution in [0.3, 0.4) is 0 Å². The second-order valence-corrected chi connectivity index (χ2v) is 5.37. The van der Waals surface area contributed by atoms with Crippen LogP contribution < -0.4 is 10.9 Å². The first-order valence-electron chi connectivity index (χ1n) is 6.82. The Bertz CT molecular complexity index is 469. The van der Waals surface area contributed by atoms with Gasteiger partial charge in [0.05, 0.1) is 25.0 Å². The maximum atomic E-state index is 11.8. The van der Waals surface area contributed by atoms with E-state index >= 15 is 0 Å². The zero-order chi connectivity index (χ0) is 13.7. The first-order chi connectivity index (χ1) is 9.22. The van der Waals surface area contributed by atoms with Gasteiger partial charge in [-0.3, -0.25) is 4.79 Å². The number of aliphatic hydroxyl groups is 1. The van der Waals surface area contributed by atoms with Gasteiger partial charge in [-0.2, -0.15) is 5.10 Å². The highest BCUT2D eigenvalue weighted by Gasteiger charge is 2.15. The zero-order valence-electron chi connectivity index (χ0n) is 10.9. The van der Waals surface area contributed by atoms with E-state index in [9.17, 15) is 4.79 Å². The number of nitrogens with zero attached hydrogens (tertiary/aromatic N) is 2. The molecule has 0 bridgehead atoms. The molecule has 106 valence electrons. The molecule has 1 fully saturated rings. The van der Waals surface area contributed by atoms with Crippen molar-refractivity contribution in [2.75, 3.05) is 18.5 Å². The van der Waals surface area contributed by atoms with Crippen LogP contribution in [0.25, 0.3) is 0 Å². The zero-order valence-corrected chi connectivity index (χ0v) is 11.7. The van der Waals surface area contributed by atoms with E-state index in [2.05, 4.69) is 10.4 Å². The van der Waals surface area contributed by atoms with Crippen LogP contribution in [0.4, 0.5) is 5.69 Å². The minimum atomic E-state index is -0.360. The molecule has 0 unspecified atom stereocenters. The van der Waals surface area contributed by atoms with Crippen molar-refractivity contribution in [2.45, 2.75) is 38.6 Å². The molecule has 0 saturated heterocycles. The Hall–Kier alpha value is -1.07. The maximum absolute atomic E-state index is 11.8. The van der Waals surface area contributed by atoms with Gasteiger partial charge in [-0.15, -0.1) is 0 Å². The highest BCUT2D eigenvalue weighted by Crippen LogP contribution is 2.27. The predicted molar refractivity (Wildman–Crippen MR) is 75.7 cm³/mol. The summed E-state index contributed by atoms with van der Waals surface area (Å²) in [7, 11) is 0. The lowest BCUT2D eigenvalue weighted by Gasteiger charge is -2.12. The highest BCUT2D eigenvalue weighted by molar-refractivity contribution is 6.32. The molecule has 2 rings (SSSR count). The van der Waals surface area contributed by atoms with Crippen LogP contribution in [0.2, 0.25) is 5.02 Å². The quantitative estimate of drug-likeness (QED) is 0.837. The molecule has 0 spiro atoms. The van der Waals surface area contributed by atoms with Gasteiger partial charge in [0.15, 0.2) is 0 Å². The molecule has 19 heavy (non-hydrogen) atoms. The van der Waals surface area contributed by atoms with Crippen LogP contribution in [-0.4, -0.2) is 28.0 Å². The summed E-state index contributed by atoms with van der Waals surface area (Å²) in [4.78, 5) is 11.8. The lowest BCUT2D eigenvalue weighted by molar-refractivity contribution is 0.266. The second kappa shape index (κ2) is 6.91. The molecule has 5 nitrogen and oxygen atoms in total. The van der Waals surface area contributed by atoms with Gasteiger partial charge in [-0.05, 0) is 12.3 Å². The van der Waals surface area contributed by atoms with Gasteiger partial charge in [0.1, 0.15) is 5.02 Å². The molecule has 1 aromatic rings. The van der Waals surface area contributed by atoms with Gasteiger partial charge < -0.3 is 10.4 Å². The molecule has 0 radical (unpaired) electrons. The lowest BCUT2D eigenvalue weighted by Crippen LogP contribution is -2.25. The van der Waals surface area contributed by atoms with Crippen molar-refractivity contribution in [2.24, 2.45) is 5.92 Å². The van der Waals surface area contributed by atoms with Crippen molar-refractivity contribution in [1.82, 2.24) is 9.78 Å². The van der Waals surface area contributed by atoms with Gasteiger partial charge >= 0.3 is 0 Å². The number of halogens is 1. The van der Waals surface area contributed by atoms with Crippen molar-refractivity contribution >= 4 is 17.3 Å². The number of nitrogens with one attached hydrogen (secondary N) is 1. The molecule has 0 aromatic carbocycles. The van der Waals surface area contributed by atoms with E-state index in [1.54, 1.807) is 6.20 Å². The summed E-state index contributed by atoms with van der Waals surface area (Å²) >= 11 is 6.01. The van der Waals surface area contributed by atoms with E-state index in [0.29, 0.717) is 5.69 Å². The topological polar surface area (TPSA) is 67.2 Å². The Morgan fingerprint density at radius 2 is 2.21 bits per heavy atom. The van der Waals surface area contributed by atoms with Crippen molar-refractivity contribution < 1.29 is 5.11 Å². The van der Waals surface area contributed by atoms with Gasteiger partial charge in [0, 0.05) is 6.54 Å². The van der Waals surface area contributed by atoms with E-state index in [-0.39, 0.29) is 23.7 Å². The third-order valence-corrected chi connectivity index (χ3v) is 4.00. The van der Waals surface area contributed by atoms with Crippen molar-refractivity contribution in [3.05, 3.63) is 21.6 Å². The first-order valence-corrected chi connectivity index (χ1v) is 7.20. The van der Waals surface area contributed by atoms with E-state index in [0.717, 1.165) is 18.9 Å². The molecule has 1 aliphatic rings. The average Bonchev–Trinajstić information content (AvgIpc) is 2.91. The van der Waals surface area contributed by atoms with E-state index < -0.39 is 0 Å². The van der Waals surface area contributed by atoms with Crippen LogP contribution in [0, 0.1) is 5.92 Å². The summed E-state index contributed by atoms with van der Waals surface area (Å²) < 4.78 is 1.17. The fraction of sp³-hybridized carbons (Fsp3) is 0.692. The molecule has 1 aromatic heterocycles. The second-order valence-electron chi connectivity index (χ2n) is 4.99. The number of aromatic nitrogens is 2. The summed E-state index contributed by atoms with van der Waals surface area (Å²) in [6.07, 6.45) is 7.95.